The van der Waals surface area contributed by atoms with Gasteiger partial charge in [0.1, 0.15) is 0 Å². The summed E-state index contributed by atoms with van der Waals surface area (Å²) in [5.74, 6) is 0. The summed E-state index contributed by atoms with van der Waals surface area (Å²) in [7, 11) is 1.92. The molecule has 0 radical (unpaired) electrons. The van der Waals surface area contributed by atoms with Crippen molar-refractivity contribution in [3.63, 3.8) is 0 Å². The van der Waals surface area contributed by atoms with Crippen LogP contribution in [0.3, 0.4) is 0 Å². The van der Waals surface area contributed by atoms with Crippen LogP contribution in [0.2, 0.25) is 0 Å². The van der Waals surface area contributed by atoms with Crippen LogP contribution in [0.25, 0.3) is 0 Å². The predicted molar refractivity (Wildman–Crippen MR) is 92.6 cm³/mol. The number of hydrogen-bond acceptors (Lipinski definition) is 4. The van der Waals surface area contributed by atoms with Crippen molar-refractivity contribution < 1.29 is 5.11 Å². The highest BCUT2D eigenvalue weighted by atomic mass is 16.3. The number of rotatable bonds is 17. The monoisotopic (exact) mass is 301 g/mol. The van der Waals surface area contributed by atoms with E-state index in [-0.39, 0.29) is 12.6 Å². The molecule has 0 bridgehead atoms. The molecule has 0 aromatic heterocycles. The van der Waals surface area contributed by atoms with Crippen molar-refractivity contribution in [1.82, 2.24) is 10.6 Å². The molecule has 0 aliphatic heterocycles. The molecule has 21 heavy (non-hydrogen) atoms. The Morgan fingerprint density at radius 2 is 1.29 bits per heavy atom. The van der Waals surface area contributed by atoms with E-state index in [1.165, 1.54) is 70.6 Å². The second-order valence-electron chi connectivity index (χ2n) is 6.07. The van der Waals surface area contributed by atoms with Crippen molar-refractivity contribution >= 4 is 0 Å². The Morgan fingerprint density at radius 3 is 1.71 bits per heavy atom. The van der Waals surface area contributed by atoms with Gasteiger partial charge in [-0.05, 0) is 33.0 Å². The van der Waals surface area contributed by atoms with E-state index in [0.717, 1.165) is 19.6 Å². The molecule has 0 saturated heterocycles. The van der Waals surface area contributed by atoms with Gasteiger partial charge in [-0.15, -0.1) is 0 Å². The third-order valence-electron chi connectivity index (χ3n) is 3.98. The molecule has 0 amide bonds. The van der Waals surface area contributed by atoms with Crippen molar-refractivity contribution in [3.05, 3.63) is 0 Å². The summed E-state index contributed by atoms with van der Waals surface area (Å²) in [6, 6.07) is 0.203. The molecule has 0 fully saturated rings. The van der Waals surface area contributed by atoms with Gasteiger partial charge in [0.05, 0.1) is 6.61 Å². The summed E-state index contributed by atoms with van der Waals surface area (Å²) in [6.07, 6.45) is 14.7. The maximum absolute atomic E-state index is 9.14. The summed E-state index contributed by atoms with van der Waals surface area (Å²) >= 11 is 0. The second kappa shape index (κ2) is 17.9. The maximum atomic E-state index is 9.14. The zero-order valence-electron chi connectivity index (χ0n) is 14.2. The highest BCUT2D eigenvalue weighted by molar-refractivity contribution is 4.66. The lowest BCUT2D eigenvalue weighted by Crippen LogP contribution is -2.40. The Balaban J connectivity index is 3.08. The third-order valence-corrected chi connectivity index (χ3v) is 3.98. The molecule has 0 heterocycles. The summed E-state index contributed by atoms with van der Waals surface area (Å²) in [4.78, 5) is 0. The first-order valence-corrected chi connectivity index (χ1v) is 9.04. The van der Waals surface area contributed by atoms with E-state index in [1.807, 2.05) is 7.05 Å². The summed E-state index contributed by atoms with van der Waals surface area (Å²) in [6.45, 7) is 2.92. The molecule has 0 saturated carbocycles. The Bertz CT molecular complexity index is 191. The van der Waals surface area contributed by atoms with Crippen molar-refractivity contribution in [1.29, 1.82) is 0 Å². The van der Waals surface area contributed by atoms with E-state index < -0.39 is 0 Å². The molecule has 0 rings (SSSR count). The van der Waals surface area contributed by atoms with Crippen LogP contribution in [-0.4, -0.2) is 44.4 Å². The van der Waals surface area contributed by atoms with E-state index in [0.29, 0.717) is 0 Å². The predicted octanol–water partition coefficient (Wildman–Crippen LogP) is 2.41. The molecule has 1 unspecified atom stereocenters. The molecule has 0 aromatic rings. The second-order valence-corrected chi connectivity index (χ2v) is 6.07. The van der Waals surface area contributed by atoms with Gasteiger partial charge in [-0.1, -0.05) is 57.8 Å². The zero-order valence-corrected chi connectivity index (χ0v) is 14.2. The van der Waals surface area contributed by atoms with Crippen LogP contribution < -0.4 is 16.4 Å². The van der Waals surface area contributed by atoms with E-state index in [2.05, 4.69) is 10.6 Å². The minimum absolute atomic E-state index is 0.203. The van der Waals surface area contributed by atoms with Crippen molar-refractivity contribution in [2.75, 3.05) is 33.3 Å². The number of aliphatic hydroxyl groups excluding tert-OH is 1. The largest absolute Gasteiger partial charge is 0.395 e. The first-order valence-electron chi connectivity index (χ1n) is 9.04. The van der Waals surface area contributed by atoms with Gasteiger partial charge in [0.25, 0.3) is 0 Å². The van der Waals surface area contributed by atoms with Gasteiger partial charge < -0.3 is 21.5 Å². The molecular formula is C17H39N3O. The quantitative estimate of drug-likeness (QED) is 0.311. The van der Waals surface area contributed by atoms with Gasteiger partial charge in [-0.25, -0.2) is 0 Å². The lowest BCUT2D eigenvalue weighted by Gasteiger charge is -2.15. The molecule has 4 heteroatoms. The number of nitrogens with one attached hydrogen (secondary N) is 2. The molecule has 0 spiro atoms. The minimum atomic E-state index is 0.203. The van der Waals surface area contributed by atoms with E-state index in [9.17, 15) is 0 Å². The fourth-order valence-corrected chi connectivity index (χ4v) is 2.61. The van der Waals surface area contributed by atoms with Crippen LogP contribution in [0.15, 0.2) is 0 Å². The smallest absolute Gasteiger partial charge is 0.0597 e. The van der Waals surface area contributed by atoms with Crippen molar-refractivity contribution in [2.24, 2.45) is 5.73 Å². The van der Waals surface area contributed by atoms with Gasteiger partial charge in [0.2, 0.25) is 0 Å². The Morgan fingerprint density at radius 1 is 0.810 bits per heavy atom. The lowest BCUT2D eigenvalue weighted by atomic mass is 10.1. The van der Waals surface area contributed by atoms with Crippen LogP contribution in [-0.2, 0) is 0 Å². The standard InChI is InChI=1S/C17H39N3O/c1-19-15-17(16-21)20-14-12-10-8-6-4-2-3-5-7-9-11-13-18/h17,19-21H,2-16,18H2,1H3. The summed E-state index contributed by atoms with van der Waals surface area (Å²) in [5, 5.41) is 15.6. The zero-order chi connectivity index (χ0) is 15.6. The number of nitrogens with two attached hydrogens (primary N) is 1. The van der Waals surface area contributed by atoms with Crippen LogP contribution in [0, 0.1) is 0 Å². The normalized spacial score (nSPS) is 12.7. The molecule has 128 valence electrons. The molecule has 5 N–H and O–H groups in total. The van der Waals surface area contributed by atoms with E-state index >= 15 is 0 Å². The SMILES string of the molecule is CNCC(CO)NCCCCCCCCCCCCCN. The van der Waals surface area contributed by atoms with Crippen LogP contribution in [0.4, 0.5) is 0 Å². The highest BCUT2D eigenvalue weighted by Gasteiger charge is 2.03. The third kappa shape index (κ3) is 16.0. The Hall–Kier alpha value is -0.160. The fourth-order valence-electron chi connectivity index (χ4n) is 2.61. The average Bonchev–Trinajstić information content (AvgIpc) is 2.50. The van der Waals surface area contributed by atoms with Crippen molar-refractivity contribution in [3.8, 4) is 0 Å². The van der Waals surface area contributed by atoms with Gasteiger partial charge in [0, 0.05) is 12.6 Å². The molecule has 4 nitrogen and oxygen atoms in total. The van der Waals surface area contributed by atoms with Crippen LogP contribution in [0.5, 0.6) is 0 Å². The Kier molecular flexibility index (Phi) is 17.8. The number of unbranched alkanes of at least 4 members (excludes halogenated alkanes) is 10. The van der Waals surface area contributed by atoms with Gasteiger partial charge in [-0.3, -0.25) is 0 Å². The highest BCUT2D eigenvalue weighted by Crippen LogP contribution is 2.10. The maximum Gasteiger partial charge on any atom is 0.0597 e. The van der Waals surface area contributed by atoms with Gasteiger partial charge in [-0.2, -0.15) is 0 Å². The van der Waals surface area contributed by atoms with Gasteiger partial charge in [0.15, 0.2) is 0 Å². The van der Waals surface area contributed by atoms with Crippen LogP contribution >= 0.6 is 0 Å². The van der Waals surface area contributed by atoms with E-state index in [4.69, 9.17) is 10.8 Å². The fraction of sp³-hybridized carbons (Fsp3) is 1.00. The lowest BCUT2D eigenvalue weighted by molar-refractivity contribution is 0.240. The molecule has 0 aliphatic carbocycles. The van der Waals surface area contributed by atoms with E-state index in [1.54, 1.807) is 0 Å². The Labute approximate surface area is 132 Å². The van der Waals surface area contributed by atoms with Crippen molar-refractivity contribution in [2.45, 2.75) is 76.7 Å². The number of likely N-dealkylation sites (N-methyl/N-ethyl adjacent to an activating group) is 1. The average molecular weight is 302 g/mol. The molecular weight excluding hydrogens is 262 g/mol. The first kappa shape index (κ1) is 20.8. The summed E-state index contributed by atoms with van der Waals surface area (Å²) < 4.78 is 0. The number of hydrogen-bond donors (Lipinski definition) is 4. The summed E-state index contributed by atoms with van der Waals surface area (Å²) in [5.41, 5.74) is 5.48. The molecule has 1 atom stereocenters. The molecule has 0 aliphatic rings. The number of aliphatic hydroxyl groups is 1. The van der Waals surface area contributed by atoms with Crippen LogP contribution in [0.1, 0.15) is 70.6 Å². The minimum Gasteiger partial charge on any atom is -0.395 e. The first-order chi connectivity index (χ1) is 10.3. The van der Waals surface area contributed by atoms with Gasteiger partial charge >= 0.3 is 0 Å². The molecule has 0 aromatic carbocycles. The topological polar surface area (TPSA) is 70.3 Å².